The highest BCUT2D eigenvalue weighted by atomic mass is 16.8. The molecule has 0 amide bonds. The SMILES string of the molecule is O=C(OCC1O[C@H](O[C@]2(CO)O[C@@H](CO)C(O)C2O)C(O)C(O)[C@@H]1O)c1ccc([N+](=O)[O-])cc1. The van der Waals surface area contributed by atoms with Crippen LogP contribution in [0.1, 0.15) is 10.4 Å². The molecule has 0 bridgehead atoms. The third-order valence-corrected chi connectivity index (χ3v) is 5.58. The minimum absolute atomic E-state index is 0.0463. The summed E-state index contributed by atoms with van der Waals surface area (Å²) in [5.41, 5.74) is -0.294. The lowest BCUT2D eigenvalue weighted by molar-refractivity contribution is -0.384. The Morgan fingerprint density at radius 1 is 1.00 bits per heavy atom. The number of carbonyl (C=O) groups is 1. The molecule has 2 aliphatic heterocycles. The summed E-state index contributed by atoms with van der Waals surface area (Å²) in [6.45, 7) is -2.44. The number of benzene rings is 1. The van der Waals surface area contributed by atoms with Gasteiger partial charge in [-0.15, -0.1) is 0 Å². The van der Waals surface area contributed by atoms with Gasteiger partial charge in [-0.05, 0) is 12.1 Å². The second kappa shape index (κ2) is 10.5. The molecule has 15 nitrogen and oxygen atoms in total. The van der Waals surface area contributed by atoms with E-state index in [9.17, 15) is 50.7 Å². The van der Waals surface area contributed by atoms with E-state index in [0.717, 1.165) is 24.3 Å². The van der Waals surface area contributed by atoms with Crippen LogP contribution in [-0.4, -0.2) is 121 Å². The Labute approximate surface area is 191 Å². The summed E-state index contributed by atoms with van der Waals surface area (Å²) in [7, 11) is 0. The normalized spacial score (nSPS) is 38.0. The summed E-state index contributed by atoms with van der Waals surface area (Å²) in [6.07, 6.45) is -13.7. The third kappa shape index (κ3) is 5.03. The molecule has 0 saturated carbocycles. The molecule has 34 heavy (non-hydrogen) atoms. The zero-order chi connectivity index (χ0) is 25.2. The number of hydrogen-bond acceptors (Lipinski definition) is 14. The van der Waals surface area contributed by atoms with E-state index in [0.29, 0.717) is 0 Å². The monoisotopic (exact) mass is 491 g/mol. The molecule has 1 aromatic carbocycles. The third-order valence-electron chi connectivity index (χ3n) is 5.58. The molecule has 0 aliphatic carbocycles. The van der Waals surface area contributed by atoms with Gasteiger partial charge in [-0.25, -0.2) is 4.79 Å². The summed E-state index contributed by atoms with van der Waals surface area (Å²) in [5.74, 6) is -3.28. The van der Waals surface area contributed by atoms with Crippen molar-refractivity contribution in [2.75, 3.05) is 19.8 Å². The standard InChI is InChI=1S/C19H25NO14/c21-5-10-13(24)16(27)19(7-22,33-10)34-18-15(26)14(25)12(23)11(32-18)6-31-17(28)8-1-3-9(4-2-8)20(29)30/h1-4,10-16,18,21-27H,5-7H2/t10-,11?,12+,13?,14?,15?,16?,18+,19-/m0/s1. The Balaban J connectivity index is 1.68. The minimum Gasteiger partial charge on any atom is -0.459 e. The van der Waals surface area contributed by atoms with Crippen molar-refractivity contribution < 1.29 is 64.4 Å². The maximum Gasteiger partial charge on any atom is 0.338 e. The van der Waals surface area contributed by atoms with Gasteiger partial charge in [-0.2, -0.15) is 0 Å². The zero-order valence-electron chi connectivity index (χ0n) is 17.5. The fourth-order valence-corrected chi connectivity index (χ4v) is 3.58. The molecule has 9 atom stereocenters. The smallest absolute Gasteiger partial charge is 0.338 e. The summed E-state index contributed by atoms with van der Waals surface area (Å²) < 4.78 is 20.9. The lowest BCUT2D eigenvalue weighted by Crippen LogP contribution is -2.62. The predicted octanol–water partition coefficient (Wildman–Crippen LogP) is -3.62. The van der Waals surface area contributed by atoms with Gasteiger partial charge in [0.2, 0.25) is 5.79 Å². The Morgan fingerprint density at radius 2 is 1.65 bits per heavy atom. The van der Waals surface area contributed by atoms with Gasteiger partial charge in [0.15, 0.2) is 6.29 Å². The molecule has 5 unspecified atom stereocenters. The largest absolute Gasteiger partial charge is 0.459 e. The number of aliphatic hydroxyl groups is 7. The second-order valence-corrected chi connectivity index (χ2v) is 7.78. The number of nitro benzene ring substituents is 1. The molecule has 0 spiro atoms. The molecule has 190 valence electrons. The van der Waals surface area contributed by atoms with Crippen molar-refractivity contribution in [3.05, 3.63) is 39.9 Å². The Bertz CT molecular complexity index is 867. The van der Waals surface area contributed by atoms with E-state index in [-0.39, 0.29) is 11.3 Å². The van der Waals surface area contributed by atoms with Gasteiger partial charge >= 0.3 is 5.97 Å². The van der Waals surface area contributed by atoms with Crippen molar-refractivity contribution in [3.63, 3.8) is 0 Å². The average molecular weight is 491 g/mol. The topological polar surface area (TPSA) is 239 Å². The first-order valence-electron chi connectivity index (χ1n) is 10.1. The van der Waals surface area contributed by atoms with Crippen LogP contribution in [0.3, 0.4) is 0 Å². The molecule has 15 heteroatoms. The first-order valence-corrected chi connectivity index (χ1v) is 10.1. The molecule has 1 aromatic rings. The van der Waals surface area contributed by atoms with Crippen LogP contribution in [-0.2, 0) is 18.9 Å². The number of nitro groups is 1. The van der Waals surface area contributed by atoms with Crippen LogP contribution in [0.15, 0.2) is 24.3 Å². The van der Waals surface area contributed by atoms with Gasteiger partial charge < -0.3 is 54.7 Å². The summed E-state index contributed by atoms with van der Waals surface area (Å²) in [4.78, 5) is 22.3. The van der Waals surface area contributed by atoms with Crippen molar-refractivity contribution in [1.29, 1.82) is 0 Å². The predicted molar refractivity (Wildman–Crippen MR) is 105 cm³/mol. The number of aliphatic hydroxyl groups excluding tert-OH is 7. The Kier molecular flexibility index (Phi) is 8.14. The molecule has 0 aromatic heterocycles. The molecule has 2 saturated heterocycles. The van der Waals surface area contributed by atoms with E-state index < -0.39 is 85.5 Å². The molecular formula is C19H25NO14. The average Bonchev–Trinajstić information content (AvgIpc) is 3.08. The van der Waals surface area contributed by atoms with Gasteiger partial charge in [0, 0.05) is 12.1 Å². The van der Waals surface area contributed by atoms with Crippen molar-refractivity contribution in [1.82, 2.24) is 0 Å². The lowest BCUT2D eigenvalue weighted by Gasteiger charge is -2.43. The van der Waals surface area contributed by atoms with Gasteiger partial charge in [0.25, 0.3) is 5.69 Å². The Hall–Kier alpha value is -2.31. The van der Waals surface area contributed by atoms with Crippen molar-refractivity contribution in [2.45, 2.75) is 54.8 Å². The van der Waals surface area contributed by atoms with Crippen LogP contribution < -0.4 is 0 Å². The van der Waals surface area contributed by atoms with Gasteiger partial charge in [-0.3, -0.25) is 10.1 Å². The quantitative estimate of drug-likeness (QED) is 0.106. The number of rotatable bonds is 8. The second-order valence-electron chi connectivity index (χ2n) is 7.78. The van der Waals surface area contributed by atoms with E-state index in [1.54, 1.807) is 0 Å². The lowest BCUT2D eigenvalue weighted by atomic mass is 9.99. The van der Waals surface area contributed by atoms with E-state index in [1.807, 2.05) is 0 Å². The fourth-order valence-electron chi connectivity index (χ4n) is 3.58. The highest BCUT2D eigenvalue weighted by Crippen LogP contribution is 2.36. The first-order chi connectivity index (χ1) is 16.0. The van der Waals surface area contributed by atoms with Crippen molar-refractivity contribution in [3.8, 4) is 0 Å². The van der Waals surface area contributed by atoms with Crippen LogP contribution in [0.2, 0.25) is 0 Å². The van der Waals surface area contributed by atoms with Gasteiger partial charge in [0.05, 0.1) is 17.1 Å². The summed E-state index contributed by atoms with van der Waals surface area (Å²) in [5, 5.41) is 80.5. The van der Waals surface area contributed by atoms with E-state index in [4.69, 9.17) is 18.9 Å². The number of carbonyl (C=O) groups excluding carboxylic acids is 1. The van der Waals surface area contributed by atoms with E-state index in [1.165, 1.54) is 0 Å². The number of nitrogens with zero attached hydrogens (tertiary/aromatic N) is 1. The van der Waals surface area contributed by atoms with Crippen LogP contribution in [0.25, 0.3) is 0 Å². The minimum atomic E-state index is -2.35. The van der Waals surface area contributed by atoms with Crippen LogP contribution in [0, 0.1) is 10.1 Å². The molecule has 7 N–H and O–H groups in total. The van der Waals surface area contributed by atoms with Crippen molar-refractivity contribution >= 4 is 11.7 Å². The first kappa shape index (κ1) is 26.3. The van der Waals surface area contributed by atoms with Crippen LogP contribution >= 0.6 is 0 Å². The highest BCUT2D eigenvalue weighted by molar-refractivity contribution is 5.89. The Morgan fingerprint density at radius 3 is 2.18 bits per heavy atom. The molecule has 2 heterocycles. The van der Waals surface area contributed by atoms with E-state index in [2.05, 4.69) is 0 Å². The van der Waals surface area contributed by atoms with Gasteiger partial charge in [0.1, 0.15) is 55.9 Å². The summed E-state index contributed by atoms with van der Waals surface area (Å²) >= 11 is 0. The summed E-state index contributed by atoms with van der Waals surface area (Å²) in [6, 6.07) is 4.47. The maximum atomic E-state index is 12.2. The fraction of sp³-hybridized carbons (Fsp3) is 0.632. The van der Waals surface area contributed by atoms with E-state index >= 15 is 0 Å². The molecular weight excluding hydrogens is 466 g/mol. The molecule has 3 rings (SSSR count). The zero-order valence-corrected chi connectivity index (χ0v) is 17.5. The highest BCUT2D eigenvalue weighted by Gasteiger charge is 2.58. The molecule has 2 fully saturated rings. The van der Waals surface area contributed by atoms with Crippen LogP contribution in [0.4, 0.5) is 5.69 Å². The number of non-ortho nitro benzene ring substituents is 1. The van der Waals surface area contributed by atoms with Gasteiger partial charge in [-0.1, -0.05) is 0 Å². The maximum absolute atomic E-state index is 12.2. The number of esters is 1. The number of hydrogen-bond donors (Lipinski definition) is 7. The molecule has 0 radical (unpaired) electrons. The molecule has 2 aliphatic rings. The number of ether oxygens (including phenoxy) is 4. The van der Waals surface area contributed by atoms with Crippen LogP contribution in [0.5, 0.6) is 0 Å². The van der Waals surface area contributed by atoms with Crippen molar-refractivity contribution in [2.24, 2.45) is 0 Å².